The van der Waals surface area contributed by atoms with Crippen LogP contribution in [-0.4, -0.2) is 18.2 Å². The Kier molecular flexibility index (Phi) is 5.48. The van der Waals surface area contributed by atoms with Crippen LogP contribution in [-0.2, 0) is 19.9 Å². The zero-order chi connectivity index (χ0) is 19.1. The van der Waals surface area contributed by atoms with Crippen molar-refractivity contribution < 1.29 is 14.3 Å². The zero-order valence-corrected chi connectivity index (χ0v) is 17.2. The highest BCUT2D eigenvalue weighted by molar-refractivity contribution is 5.72. The molecule has 0 heterocycles. The fourth-order valence-electron chi connectivity index (χ4n) is 4.66. The molecule has 0 spiro atoms. The van der Waals surface area contributed by atoms with E-state index in [-0.39, 0.29) is 29.7 Å². The minimum atomic E-state index is -0.297. The summed E-state index contributed by atoms with van der Waals surface area (Å²) in [6, 6.07) is 6.67. The summed E-state index contributed by atoms with van der Waals surface area (Å²) in [6.45, 7) is 12.6. The van der Waals surface area contributed by atoms with Gasteiger partial charge in [0.1, 0.15) is 6.10 Å². The van der Waals surface area contributed by atoms with Gasteiger partial charge in [-0.2, -0.15) is 0 Å². The van der Waals surface area contributed by atoms with Gasteiger partial charge in [0.05, 0.1) is 17.6 Å². The average molecular weight is 359 g/mol. The summed E-state index contributed by atoms with van der Waals surface area (Å²) < 4.78 is 12.4. The predicted octanol–water partition coefficient (Wildman–Crippen LogP) is 5.31. The predicted molar refractivity (Wildman–Crippen MR) is 104 cm³/mol. The summed E-state index contributed by atoms with van der Waals surface area (Å²) in [4.78, 5) is 12.1. The van der Waals surface area contributed by atoms with E-state index in [0.29, 0.717) is 11.8 Å². The van der Waals surface area contributed by atoms with Gasteiger partial charge in [0.2, 0.25) is 0 Å². The van der Waals surface area contributed by atoms with Gasteiger partial charge in [-0.25, -0.2) is 0 Å². The second-order valence-corrected chi connectivity index (χ2v) is 9.05. The second-order valence-electron chi connectivity index (χ2n) is 9.05. The molecule has 2 saturated carbocycles. The van der Waals surface area contributed by atoms with Gasteiger partial charge < -0.3 is 9.47 Å². The van der Waals surface area contributed by atoms with Crippen LogP contribution in [0.1, 0.15) is 70.1 Å². The van der Waals surface area contributed by atoms with Crippen LogP contribution in [0.25, 0.3) is 0 Å². The van der Waals surface area contributed by atoms with Gasteiger partial charge in [-0.1, -0.05) is 43.2 Å². The highest BCUT2D eigenvalue weighted by atomic mass is 16.5. The van der Waals surface area contributed by atoms with E-state index in [4.69, 9.17) is 9.47 Å². The molecular weight excluding hydrogens is 324 g/mol. The number of fused-ring (bicyclic) bond motifs is 2. The fraction of sp³-hybridized carbons (Fsp3) is 0.696. The van der Waals surface area contributed by atoms with Gasteiger partial charge in [0.25, 0.3) is 0 Å². The topological polar surface area (TPSA) is 35.5 Å². The van der Waals surface area contributed by atoms with Crippen LogP contribution in [0.2, 0.25) is 0 Å². The first kappa shape index (κ1) is 19.4. The number of aryl methyl sites for hydroxylation is 2. The highest BCUT2D eigenvalue weighted by Crippen LogP contribution is 2.49. The number of hydrogen-bond acceptors (Lipinski definition) is 3. The van der Waals surface area contributed by atoms with E-state index >= 15 is 0 Å². The largest absolute Gasteiger partial charge is 0.462 e. The van der Waals surface area contributed by atoms with E-state index in [0.717, 1.165) is 25.7 Å². The lowest BCUT2D eigenvalue weighted by molar-refractivity contribution is -0.160. The van der Waals surface area contributed by atoms with Crippen LogP contribution in [0.5, 0.6) is 0 Å². The monoisotopic (exact) mass is 358 g/mol. The Morgan fingerprint density at radius 2 is 1.65 bits per heavy atom. The van der Waals surface area contributed by atoms with E-state index in [1.54, 1.807) is 0 Å². The molecular formula is C23H34O3. The molecule has 1 aromatic rings. The SMILES string of the molecule is CCC(C)C(=O)OC1CC2CC1CC2OC(C)(C)c1cc(C)cc(C)c1. The highest BCUT2D eigenvalue weighted by Gasteiger charge is 2.49. The minimum Gasteiger partial charge on any atom is -0.462 e. The van der Waals surface area contributed by atoms with Crippen molar-refractivity contribution in [3.8, 4) is 0 Å². The molecule has 2 aliphatic rings. The molecule has 144 valence electrons. The van der Waals surface area contributed by atoms with Crippen molar-refractivity contribution in [2.75, 3.05) is 0 Å². The van der Waals surface area contributed by atoms with Gasteiger partial charge in [-0.15, -0.1) is 0 Å². The normalized spacial score (nSPS) is 29.0. The van der Waals surface area contributed by atoms with Gasteiger partial charge in [-0.3, -0.25) is 4.79 Å². The summed E-state index contributed by atoms with van der Waals surface area (Å²) >= 11 is 0. The summed E-state index contributed by atoms with van der Waals surface area (Å²) in [5, 5.41) is 0. The van der Waals surface area contributed by atoms with Crippen molar-refractivity contribution in [1.29, 1.82) is 0 Å². The molecule has 5 unspecified atom stereocenters. The molecule has 0 aromatic heterocycles. The molecule has 1 aromatic carbocycles. The molecule has 3 rings (SSSR count). The Hall–Kier alpha value is -1.35. The summed E-state index contributed by atoms with van der Waals surface area (Å²) in [5.74, 6) is 0.954. The number of esters is 1. The maximum atomic E-state index is 12.1. The van der Waals surface area contributed by atoms with Crippen LogP contribution in [0.3, 0.4) is 0 Å². The molecule has 3 nitrogen and oxygen atoms in total. The third kappa shape index (κ3) is 3.98. The minimum absolute atomic E-state index is 0.00432. The Labute approximate surface area is 158 Å². The van der Waals surface area contributed by atoms with E-state index < -0.39 is 0 Å². The molecule has 2 fully saturated rings. The van der Waals surface area contributed by atoms with Crippen molar-refractivity contribution in [3.05, 3.63) is 34.9 Å². The van der Waals surface area contributed by atoms with Gasteiger partial charge >= 0.3 is 5.97 Å². The molecule has 3 heteroatoms. The Morgan fingerprint density at radius 1 is 1.08 bits per heavy atom. The lowest BCUT2D eigenvalue weighted by Crippen LogP contribution is -2.36. The first-order valence-electron chi connectivity index (χ1n) is 10.2. The molecule has 0 N–H and O–H groups in total. The smallest absolute Gasteiger partial charge is 0.308 e. The summed E-state index contributed by atoms with van der Waals surface area (Å²) in [7, 11) is 0. The van der Waals surface area contributed by atoms with Gasteiger partial charge in [0.15, 0.2) is 0 Å². The molecule has 0 saturated heterocycles. The lowest BCUT2D eigenvalue weighted by atomic mass is 9.91. The van der Waals surface area contributed by atoms with Gasteiger partial charge in [0, 0.05) is 0 Å². The lowest BCUT2D eigenvalue weighted by Gasteiger charge is -2.35. The molecule has 0 radical (unpaired) electrons. The number of hydrogen-bond donors (Lipinski definition) is 0. The first-order valence-corrected chi connectivity index (χ1v) is 10.2. The molecule has 0 amide bonds. The molecule has 0 aliphatic heterocycles. The molecule has 2 bridgehead atoms. The van der Waals surface area contributed by atoms with Crippen LogP contribution in [0, 0.1) is 31.6 Å². The van der Waals surface area contributed by atoms with Crippen molar-refractivity contribution in [2.45, 2.75) is 85.0 Å². The maximum absolute atomic E-state index is 12.1. The van der Waals surface area contributed by atoms with Crippen molar-refractivity contribution in [2.24, 2.45) is 17.8 Å². The Morgan fingerprint density at radius 3 is 2.19 bits per heavy atom. The number of rotatable bonds is 6. The third-order valence-electron chi connectivity index (χ3n) is 6.37. The summed E-state index contributed by atoms with van der Waals surface area (Å²) in [5.41, 5.74) is 3.51. The Balaban J connectivity index is 1.61. The van der Waals surface area contributed by atoms with E-state index in [1.807, 2.05) is 13.8 Å². The van der Waals surface area contributed by atoms with Crippen molar-refractivity contribution in [3.63, 3.8) is 0 Å². The maximum Gasteiger partial charge on any atom is 0.308 e. The first-order chi connectivity index (χ1) is 12.2. The summed E-state index contributed by atoms with van der Waals surface area (Å²) in [6.07, 6.45) is 4.32. The molecule has 2 aliphatic carbocycles. The van der Waals surface area contributed by atoms with E-state index in [1.165, 1.54) is 16.7 Å². The molecule has 26 heavy (non-hydrogen) atoms. The van der Waals surface area contributed by atoms with E-state index in [2.05, 4.69) is 45.9 Å². The van der Waals surface area contributed by atoms with Crippen molar-refractivity contribution >= 4 is 5.97 Å². The average Bonchev–Trinajstić information content (AvgIpc) is 3.12. The number of carbonyl (C=O) groups is 1. The Bertz CT molecular complexity index is 643. The number of ether oxygens (including phenoxy) is 2. The zero-order valence-electron chi connectivity index (χ0n) is 17.2. The number of benzene rings is 1. The standard InChI is InChI=1S/C23H34O3/c1-7-16(4)22(24)25-20-12-18-11-17(20)13-21(18)26-23(5,6)19-9-14(2)8-15(3)10-19/h8-10,16-18,20-21H,7,11-13H2,1-6H3. The van der Waals surface area contributed by atoms with Gasteiger partial charge in [-0.05, 0) is 70.8 Å². The quantitative estimate of drug-likeness (QED) is 0.646. The van der Waals surface area contributed by atoms with Crippen LogP contribution in [0.15, 0.2) is 18.2 Å². The van der Waals surface area contributed by atoms with Crippen molar-refractivity contribution in [1.82, 2.24) is 0 Å². The van der Waals surface area contributed by atoms with Crippen LogP contribution in [0.4, 0.5) is 0 Å². The number of carbonyl (C=O) groups excluding carboxylic acids is 1. The van der Waals surface area contributed by atoms with Crippen LogP contribution >= 0.6 is 0 Å². The molecule has 5 atom stereocenters. The fourth-order valence-corrected chi connectivity index (χ4v) is 4.66. The third-order valence-corrected chi connectivity index (χ3v) is 6.37. The second kappa shape index (κ2) is 7.34. The van der Waals surface area contributed by atoms with E-state index in [9.17, 15) is 4.79 Å². The van der Waals surface area contributed by atoms with Crippen LogP contribution < -0.4 is 0 Å².